The molecule has 1 amide bonds. The van der Waals surface area contributed by atoms with E-state index in [1.165, 1.54) is 19.6 Å². The Kier molecular flexibility index (Phi) is 4.25. The number of nitrogens with one attached hydrogen (secondary N) is 2. The Bertz CT molecular complexity index is 883. The number of nitrogens with two attached hydrogens (primary N) is 1. The van der Waals surface area contributed by atoms with Crippen molar-refractivity contribution in [1.82, 2.24) is 25.4 Å². The van der Waals surface area contributed by atoms with Crippen LogP contribution in [0.5, 0.6) is 0 Å². The number of halogens is 1. The van der Waals surface area contributed by atoms with E-state index in [4.69, 9.17) is 21.9 Å². The first-order valence-corrected chi connectivity index (χ1v) is 7.14. The summed E-state index contributed by atoms with van der Waals surface area (Å²) in [6, 6.07) is 4.87. The van der Waals surface area contributed by atoms with Crippen LogP contribution in [0.25, 0.3) is 11.5 Å². The lowest BCUT2D eigenvalue weighted by Crippen LogP contribution is -2.18. The Morgan fingerprint density at radius 1 is 1.33 bits per heavy atom. The molecular weight excluding hydrogens is 334 g/mol. The Morgan fingerprint density at radius 2 is 2.17 bits per heavy atom. The lowest BCUT2D eigenvalue weighted by Gasteiger charge is -2.09. The van der Waals surface area contributed by atoms with Crippen molar-refractivity contribution in [3.05, 3.63) is 41.3 Å². The van der Waals surface area contributed by atoms with E-state index >= 15 is 0 Å². The second kappa shape index (κ2) is 6.50. The second-order valence-electron chi connectivity index (χ2n) is 4.64. The number of anilines is 3. The highest BCUT2D eigenvalue weighted by atomic mass is 35.5. The largest absolute Gasteiger partial charge is 0.383 e. The van der Waals surface area contributed by atoms with E-state index in [0.29, 0.717) is 21.8 Å². The Labute approximate surface area is 141 Å². The highest BCUT2D eigenvalue weighted by Crippen LogP contribution is 2.25. The van der Waals surface area contributed by atoms with Crippen molar-refractivity contribution >= 4 is 35.0 Å². The molecule has 0 unspecified atom stereocenters. The molecule has 3 rings (SSSR count). The molecule has 0 atom stereocenters. The summed E-state index contributed by atoms with van der Waals surface area (Å²) in [4.78, 5) is 23.8. The van der Waals surface area contributed by atoms with Crippen LogP contribution < -0.4 is 16.4 Å². The van der Waals surface area contributed by atoms with E-state index in [9.17, 15) is 4.79 Å². The number of hydrogen-bond donors (Lipinski definition) is 3. The Balaban J connectivity index is 1.83. The summed E-state index contributed by atoms with van der Waals surface area (Å²) >= 11 is 6.10. The average Bonchev–Trinajstić information content (AvgIpc) is 3.08. The molecule has 2 heterocycles. The molecule has 122 valence electrons. The molecule has 3 aromatic rings. The number of carbonyl (C=O) groups is 1. The molecule has 2 aromatic heterocycles. The summed E-state index contributed by atoms with van der Waals surface area (Å²) in [7, 11) is 1.53. The van der Waals surface area contributed by atoms with Gasteiger partial charge < -0.3 is 20.9 Å². The van der Waals surface area contributed by atoms with E-state index in [-0.39, 0.29) is 23.6 Å². The quantitative estimate of drug-likeness (QED) is 0.652. The van der Waals surface area contributed by atoms with Crippen LogP contribution in [0.1, 0.15) is 10.4 Å². The number of rotatable bonds is 4. The lowest BCUT2D eigenvalue weighted by atomic mass is 10.2. The maximum absolute atomic E-state index is 11.6. The van der Waals surface area contributed by atoms with Gasteiger partial charge in [0, 0.05) is 18.9 Å². The minimum Gasteiger partial charge on any atom is -0.383 e. The number of nitrogens with zero attached hydrogens (tertiary/aromatic N) is 4. The first-order valence-electron chi connectivity index (χ1n) is 6.76. The van der Waals surface area contributed by atoms with Crippen LogP contribution in [-0.4, -0.2) is 33.1 Å². The normalized spacial score (nSPS) is 10.4. The first-order chi connectivity index (χ1) is 11.6. The van der Waals surface area contributed by atoms with Gasteiger partial charge in [-0.1, -0.05) is 16.8 Å². The molecule has 0 aliphatic rings. The lowest BCUT2D eigenvalue weighted by molar-refractivity contribution is 0.0963. The fourth-order valence-corrected chi connectivity index (χ4v) is 2.22. The molecule has 0 aliphatic heterocycles. The van der Waals surface area contributed by atoms with E-state index in [2.05, 4.69) is 30.7 Å². The number of amides is 1. The fourth-order valence-electron chi connectivity index (χ4n) is 1.95. The van der Waals surface area contributed by atoms with Crippen molar-refractivity contribution in [2.75, 3.05) is 18.1 Å². The predicted molar refractivity (Wildman–Crippen MR) is 87.9 cm³/mol. The standard InChI is InChI=1S/C14H12ClN7O2/c1-17-12(23)8-3-2-7(4-10(8)15)21-14-18-5-9(11(16)22-14)13-19-6-20-24-13/h2-6H,1H3,(H,17,23)(H3,16,18,21,22). The molecule has 1 aromatic carbocycles. The molecule has 24 heavy (non-hydrogen) atoms. The predicted octanol–water partition coefficient (Wildman–Crippen LogP) is 1.87. The molecule has 10 heteroatoms. The summed E-state index contributed by atoms with van der Waals surface area (Å²) < 4.78 is 4.92. The molecule has 0 saturated heterocycles. The van der Waals surface area contributed by atoms with Gasteiger partial charge in [-0.05, 0) is 18.2 Å². The summed E-state index contributed by atoms with van der Waals surface area (Å²) in [5.74, 6) is 0.414. The molecule has 0 spiro atoms. The molecule has 0 saturated carbocycles. The van der Waals surface area contributed by atoms with Crippen molar-refractivity contribution < 1.29 is 9.32 Å². The van der Waals surface area contributed by atoms with Crippen molar-refractivity contribution in [3.63, 3.8) is 0 Å². The van der Waals surface area contributed by atoms with Crippen LogP contribution >= 0.6 is 11.6 Å². The zero-order chi connectivity index (χ0) is 17.1. The van der Waals surface area contributed by atoms with Crippen LogP contribution in [0.4, 0.5) is 17.5 Å². The van der Waals surface area contributed by atoms with Crippen molar-refractivity contribution in [2.24, 2.45) is 0 Å². The molecule has 0 radical (unpaired) electrons. The van der Waals surface area contributed by atoms with Crippen LogP contribution in [0, 0.1) is 0 Å². The zero-order valence-electron chi connectivity index (χ0n) is 12.4. The van der Waals surface area contributed by atoms with Gasteiger partial charge in [0.1, 0.15) is 11.4 Å². The summed E-state index contributed by atoms with van der Waals surface area (Å²) in [5, 5.41) is 9.28. The maximum atomic E-state index is 11.6. The number of carbonyl (C=O) groups excluding carboxylic acids is 1. The molecule has 0 aliphatic carbocycles. The van der Waals surface area contributed by atoms with Gasteiger partial charge in [0.25, 0.3) is 11.8 Å². The number of aromatic nitrogens is 4. The fraction of sp³-hybridized carbons (Fsp3) is 0.0714. The van der Waals surface area contributed by atoms with Crippen LogP contribution in [0.3, 0.4) is 0 Å². The molecular formula is C14H12ClN7O2. The van der Waals surface area contributed by atoms with E-state index < -0.39 is 0 Å². The van der Waals surface area contributed by atoms with Crippen molar-refractivity contribution in [3.8, 4) is 11.5 Å². The highest BCUT2D eigenvalue weighted by Gasteiger charge is 2.13. The van der Waals surface area contributed by atoms with Gasteiger partial charge >= 0.3 is 0 Å². The van der Waals surface area contributed by atoms with Crippen LogP contribution in [-0.2, 0) is 0 Å². The van der Waals surface area contributed by atoms with Gasteiger partial charge in [0.2, 0.25) is 5.95 Å². The Hall–Kier alpha value is -3.20. The van der Waals surface area contributed by atoms with Gasteiger partial charge in [-0.25, -0.2) is 4.98 Å². The smallest absolute Gasteiger partial charge is 0.262 e. The maximum Gasteiger partial charge on any atom is 0.262 e. The van der Waals surface area contributed by atoms with Crippen LogP contribution in [0.15, 0.2) is 35.2 Å². The minimum absolute atomic E-state index is 0.185. The minimum atomic E-state index is -0.268. The number of nitrogen functional groups attached to an aromatic ring is 1. The highest BCUT2D eigenvalue weighted by molar-refractivity contribution is 6.34. The summed E-state index contributed by atoms with van der Waals surface area (Å²) in [6.45, 7) is 0. The van der Waals surface area contributed by atoms with E-state index in [1.54, 1.807) is 18.2 Å². The third kappa shape index (κ3) is 3.10. The second-order valence-corrected chi connectivity index (χ2v) is 5.04. The van der Waals surface area contributed by atoms with Gasteiger partial charge in [-0.3, -0.25) is 4.79 Å². The zero-order valence-corrected chi connectivity index (χ0v) is 13.2. The number of benzene rings is 1. The van der Waals surface area contributed by atoms with Crippen molar-refractivity contribution in [2.45, 2.75) is 0 Å². The van der Waals surface area contributed by atoms with Gasteiger partial charge in [0.15, 0.2) is 6.33 Å². The van der Waals surface area contributed by atoms with Crippen LogP contribution in [0.2, 0.25) is 5.02 Å². The average molecular weight is 346 g/mol. The Morgan fingerprint density at radius 3 is 2.79 bits per heavy atom. The van der Waals surface area contributed by atoms with Gasteiger partial charge in [-0.2, -0.15) is 9.97 Å². The molecule has 9 nitrogen and oxygen atoms in total. The SMILES string of the molecule is CNC(=O)c1ccc(Nc2ncc(-c3ncno3)c(N)n2)cc1Cl. The first kappa shape index (κ1) is 15.7. The number of hydrogen-bond acceptors (Lipinski definition) is 8. The molecule has 0 fully saturated rings. The van der Waals surface area contributed by atoms with E-state index in [0.717, 1.165) is 0 Å². The topological polar surface area (TPSA) is 132 Å². The van der Waals surface area contributed by atoms with Crippen molar-refractivity contribution in [1.29, 1.82) is 0 Å². The summed E-state index contributed by atoms with van der Waals surface area (Å²) in [5.41, 5.74) is 7.30. The third-order valence-corrected chi connectivity index (χ3v) is 3.42. The van der Waals surface area contributed by atoms with Gasteiger partial charge in [-0.15, -0.1) is 0 Å². The molecule has 0 bridgehead atoms. The monoisotopic (exact) mass is 345 g/mol. The third-order valence-electron chi connectivity index (χ3n) is 3.11. The molecule has 4 N–H and O–H groups in total. The summed E-state index contributed by atoms with van der Waals surface area (Å²) in [6.07, 6.45) is 2.73. The van der Waals surface area contributed by atoms with E-state index in [1.807, 2.05) is 0 Å². The van der Waals surface area contributed by atoms with Gasteiger partial charge in [0.05, 0.1) is 10.6 Å².